The molecular weight excluding hydrogens is 240 g/mol. The number of anilines is 1. The summed E-state index contributed by atoms with van der Waals surface area (Å²) in [6, 6.07) is 7.22. The van der Waals surface area contributed by atoms with Gasteiger partial charge in [0, 0.05) is 18.1 Å². The molecule has 5 nitrogen and oxygen atoms in total. The molecular formula is C14H16N4O. The number of phenols is 1. The van der Waals surface area contributed by atoms with E-state index in [0.717, 1.165) is 18.6 Å². The van der Waals surface area contributed by atoms with E-state index in [-0.39, 0.29) is 0 Å². The molecule has 0 fully saturated rings. The van der Waals surface area contributed by atoms with E-state index in [2.05, 4.69) is 20.5 Å². The van der Waals surface area contributed by atoms with Crippen LogP contribution in [0, 0.1) is 0 Å². The molecule has 0 aliphatic heterocycles. The third-order valence-corrected chi connectivity index (χ3v) is 2.64. The summed E-state index contributed by atoms with van der Waals surface area (Å²) in [7, 11) is 0. The minimum absolute atomic E-state index is 0.290. The highest BCUT2D eigenvalue weighted by Crippen LogP contribution is 2.11. The van der Waals surface area contributed by atoms with Crippen LogP contribution in [0.1, 0.15) is 18.9 Å². The molecule has 0 atom stereocenters. The van der Waals surface area contributed by atoms with Crippen LogP contribution in [0.25, 0.3) is 0 Å². The van der Waals surface area contributed by atoms with Gasteiger partial charge in [-0.2, -0.15) is 5.10 Å². The first-order valence-corrected chi connectivity index (χ1v) is 6.07. The summed E-state index contributed by atoms with van der Waals surface area (Å²) in [5, 5.41) is 13.4. The Hall–Kier alpha value is -2.43. The third-order valence-electron chi connectivity index (χ3n) is 2.64. The van der Waals surface area contributed by atoms with E-state index in [4.69, 9.17) is 0 Å². The van der Waals surface area contributed by atoms with Gasteiger partial charge in [-0.3, -0.25) is 10.4 Å². The number of rotatable bonds is 5. The van der Waals surface area contributed by atoms with Gasteiger partial charge in [0.05, 0.1) is 6.20 Å². The zero-order valence-electron chi connectivity index (χ0n) is 10.7. The molecule has 1 aromatic heterocycles. The standard InChI is InChI=1S/C14H16N4O/c1-11(17-18-14-10-15-8-9-16-14)2-3-12-4-6-13(19)7-5-12/h4-10,19H,2-3H2,1H3,(H,16,18). The largest absolute Gasteiger partial charge is 0.508 e. The van der Waals surface area contributed by atoms with E-state index in [0.29, 0.717) is 11.6 Å². The van der Waals surface area contributed by atoms with Crippen molar-refractivity contribution >= 4 is 11.5 Å². The molecule has 0 aliphatic rings. The van der Waals surface area contributed by atoms with Crippen molar-refractivity contribution in [1.29, 1.82) is 0 Å². The summed E-state index contributed by atoms with van der Waals surface area (Å²) in [5.74, 6) is 0.921. The number of nitrogens with zero attached hydrogens (tertiary/aromatic N) is 3. The first kappa shape index (κ1) is 13.0. The lowest BCUT2D eigenvalue weighted by atomic mass is 10.1. The summed E-state index contributed by atoms with van der Waals surface area (Å²) in [4.78, 5) is 8.02. The fourth-order valence-electron chi connectivity index (χ4n) is 1.55. The number of phenolic OH excluding ortho intramolecular Hbond substituents is 1. The fourth-order valence-corrected chi connectivity index (χ4v) is 1.55. The Balaban J connectivity index is 1.84. The fraction of sp³-hybridized carbons (Fsp3) is 0.214. The molecule has 0 spiro atoms. The summed E-state index contributed by atoms with van der Waals surface area (Å²) >= 11 is 0. The highest BCUT2D eigenvalue weighted by molar-refractivity contribution is 5.82. The molecule has 0 saturated heterocycles. The minimum atomic E-state index is 0.290. The van der Waals surface area contributed by atoms with Crippen LogP contribution in [0.4, 0.5) is 5.82 Å². The summed E-state index contributed by atoms with van der Waals surface area (Å²) in [6.07, 6.45) is 6.59. The van der Waals surface area contributed by atoms with Gasteiger partial charge in [-0.05, 0) is 37.5 Å². The van der Waals surface area contributed by atoms with E-state index in [1.165, 1.54) is 5.56 Å². The van der Waals surface area contributed by atoms with Crippen LogP contribution in [0.2, 0.25) is 0 Å². The summed E-state index contributed by atoms with van der Waals surface area (Å²) in [5.41, 5.74) is 5.02. The van der Waals surface area contributed by atoms with Crippen LogP contribution in [-0.2, 0) is 6.42 Å². The number of aromatic nitrogens is 2. The van der Waals surface area contributed by atoms with Gasteiger partial charge in [0.1, 0.15) is 5.75 Å². The zero-order valence-corrected chi connectivity index (χ0v) is 10.7. The van der Waals surface area contributed by atoms with E-state index in [9.17, 15) is 5.11 Å². The third kappa shape index (κ3) is 4.39. The number of hydrazone groups is 1. The number of hydrogen-bond donors (Lipinski definition) is 2. The molecule has 0 radical (unpaired) electrons. The lowest BCUT2D eigenvalue weighted by Gasteiger charge is -2.03. The minimum Gasteiger partial charge on any atom is -0.508 e. The molecule has 0 bridgehead atoms. The van der Waals surface area contributed by atoms with Crippen molar-refractivity contribution in [3.63, 3.8) is 0 Å². The van der Waals surface area contributed by atoms with Crippen molar-refractivity contribution in [3.8, 4) is 5.75 Å². The molecule has 0 aliphatic carbocycles. The van der Waals surface area contributed by atoms with Crippen molar-refractivity contribution in [2.45, 2.75) is 19.8 Å². The molecule has 2 aromatic rings. The van der Waals surface area contributed by atoms with Gasteiger partial charge in [0.15, 0.2) is 5.82 Å². The molecule has 0 saturated carbocycles. The van der Waals surface area contributed by atoms with Crippen LogP contribution in [0.15, 0.2) is 48.0 Å². The highest BCUT2D eigenvalue weighted by atomic mass is 16.3. The van der Waals surface area contributed by atoms with Gasteiger partial charge < -0.3 is 5.11 Å². The molecule has 1 heterocycles. The summed E-state index contributed by atoms with van der Waals surface area (Å²) in [6.45, 7) is 1.96. The first-order valence-electron chi connectivity index (χ1n) is 6.07. The van der Waals surface area contributed by atoms with E-state index in [1.807, 2.05) is 19.1 Å². The Bertz CT molecular complexity index is 537. The Kier molecular flexibility index (Phi) is 4.44. The SMILES string of the molecule is CC(CCc1ccc(O)cc1)=NNc1cnccn1. The predicted octanol–water partition coefficient (Wildman–Crippen LogP) is 2.60. The normalized spacial score (nSPS) is 11.3. The maximum Gasteiger partial charge on any atom is 0.164 e. The van der Waals surface area contributed by atoms with Crippen LogP contribution in [-0.4, -0.2) is 20.8 Å². The van der Waals surface area contributed by atoms with Crippen molar-refractivity contribution in [2.75, 3.05) is 5.43 Å². The lowest BCUT2D eigenvalue weighted by molar-refractivity contribution is 0.475. The van der Waals surface area contributed by atoms with Crippen LogP contribution in [0.3, 0.4) is 0 Å². The highest BCUT2D eigenvalue weighted by Gasteiger charge is 1.97. The van der Waals surface area contributed by atoms with Crippen molar-refractivity contribution in [3.05, 3.63) is 48.4 Å². The Labute approximate surface area is 112 Å². The quantitative estimate of drug-likeness (QED) is 0.637. The zero-order chi connectivity index (χ0) is 13.5. The Morgan fingerprint density at radius 2 is 2.05 bits per heavy atom. The monoisotopic (exact) mass is 256 g/mol. The Morgan fingerprint density at radius 1 is 1.26 bits per heavy atom. The second kappa shape index (κ2) is 6.49. The Morgan fingerprint density at radius 3 is 2.74 bits per heavy atom. The topological polar surface area (TPSA) is 70.4 Å². The van der Waals surface area contributed by atoms with Gasteiger partial charge in [0.25, 0.3) is 0 Å². The smallest absolute Gasteiger partial charge is 0.164 e. The number of benzene rings is 1. The first-order chi connectivity index (χ1) is 9.24. The van der Waals surface area contributed by atoms with Gasteiger partial charge in [-0.15, -0.1) is 0 Å². The van der Waals surface area contributed by atoms with Gasteiger partial charge >= 0.3 is 0 Å². The average Bonchev–Trinajstić information content (AvgIpc) is 2.45. The van der Waals surface area contributed by atoms with Gasteiger partial charge in [0.2, 0.25) is 0 Å². The van der Waals surface area contributed by atoms with E-state index >= 15 is 0 Å². The lowest BCUT2D eigenvalue weighted by Crippen LogP contribution is -2.01. The number of nitrogens with one attached hydrogen (secondary N) is 1. The molecule has 19 heavy (non-hydrogen) atoms. The molecule has 0 amide bonds. The van der Waals surface area contributed by atoms with Crippen LogP contribution < -0.4 is 5.43 Å². The molecule has 98 valence electrons. The average molecular weight is 256 g/mol. The number of aryl methyl sites for hydroxylation is 1. The number of aromatic hydroxyl groups is 1. The van der Waals surface area contributed by atoms with E-state index in [1.54, 1.807) is 30.7 Å². The van der Waals surface area contributed by atoms with Crippen molar-refractivity contribution in [1.82, 2.24) is 9.97 Å². The predicted molar refractivity (Wildman–Crippen MR) is 75.2 cm³/mol. The number of hydrogen-bond acceptors (Lipinski definition) is 5. The maximum absolute atomic E-state index is 9.20. The summed E-state index contributed by atoms with van der Waals surface area (Å²) < 4.78 is 0. The van der Waals surface area contributed by atoms with Crippen molar-refractivity contribution in [2.24, 2.45) is 5.10 Å². The van der Waals surface area contributed by atoms with Gasteiger partial charge in [-0.1, -0.05) is 12.1 Å². The molecule has 2 rings (SSSR count). The van der Waals surface area contributed by atoms with Crippen molar-refractivity contribution < 1.29 is 5.11 Å². The van der Waals surface area contributed by atoms with Crippen LogP contribution in [0.5, 0.6) is 5.75 Å². The van der Waals surface area contributed by atoms with Gasteiger partial charge in [-0.25, -0.2) is 4.98 Å². The molecule has 2 N–H and O–H groups in total. The maximum atomic E-state index is 9.20. The van der Waals surface area contributed by atoms with Crippen LogP contribution >= 0.6 is 0 Å². The molecule has 5 heteroatoms. The molecule has 0 unspecified atom stereocenters. The second-order valence-corrected chi connectivity index (χ2v) is 4.22. The second-order valence-electron chi connectivity index (χ2n) is 4.22. The molecule has 1 aromatic carbocycles. The van der Waals surface area contributed by atoms with E-state index < -0.39 is 0 Å².